The lowest BCUT2D eigenvalue weighted by molar-refractivity contribution is -0.753. The van der Waals surface area contributed by atoms with E-state index in [1.54, 1.807) is 6.92 Å². The van der Waals surface area contributed by atoms with Gasteiger partial charge < -0.3 is 9.47 Å². The van der Waals surface area contributed by atoms with Crippen LogP contribution >= 0.6 is 0 Å². The summed E-state index contributed by atoms with van der Waals surface area (Å²) in [5, 5.41) is 10.5. The van der Waals surface area contributed by atoms with Crippen molar-refractivity contribution < 1.29 is 24.2 Å². The molecule has 0 amide bonds. The van der Waals surface area contributed by atoms with Crippen LogP contribution in [0.15, 0.2) is 84.4 Å². The number of fused-ring (bicyclic) bond motifs is 1. The van der Waals surface area contributed by atoms with Crippen LogP contribution in [0.25, 0.3) is 5.57 Å². The highest BCUT2D eigenvalue weighted by atomic mass is 16.5. The topological polar surface area (TPSA) is 58.8 Å². The predicted octanol–water partition coefficient (Wildman–Crippen LogP) is 5.68. The SMILES string of the molecule is CCOC(=O)C1=C(c2ccccc2)c2ccc(OCCCCCc3ccccc3)cc2/C1=[N+](\C)O. The molecule has 0 saturated carbocycles. The number of ether oxygens (including phenoxy) is 2. The third-order valence-corrected chi connectivity index (χ3v) is 6.09. The Hall–Kier alpha value is -3.86. The van der Waals surface area contributed by atoms with Crippen molar-refractivity contribution in [1.82, 2.24) is 0 Å². The molecule has 1 aliphatic carbocycles. The highest BCUT2D eigenvalue weighted by Gasteiger charge is 2.40. The van der Waals surface area contributed by atoms with Gasteiger partial charge in [0.1, 0.15) is 11.3 Å². The molecule has 0 bridgehead atoms. The third kappa shape index (κ3) is 5.62. The van der Waals surface area contributed by atoms with E-state index in [0.717, 1.165) is 52.7 Å². The standard InChI is InChI=1S/C30H32NO4/c1-3-34-30(32)28-27(23-16-10-5-11-17-23)25-19-18-24(21-26(25)29(28)31(2)33)35-20-12-6-9-15-22-13-7-4-8-14-22/h4-5,7-8,10-11,13-14,16-19,21,33H,3,6,9,12,15,20H2,1-2H3/q+1/b31-29-. The maximum atomic E-state index is 13.0. The highest BCUT2D eigenvalue weighted by Crippen LogP contribution is 2.40. The molecule has 35 heavy (non-hydrogen) atoms. The Morgan fingerprint density at radius 3 is 2.29 bits per heavy atom. The van der Waals surface area contributed by atoms with Gasteiger partial charge in [-0.15, -0.1) is 0 Å². The molecule has 0 unspecified atom stereocenters. The van der Waals surface area contributed by atoms with Gasteiger partial charge in [-0.05, 0) is 72.2 Å². The number of carbonyl (C=O) groups is 1. The second kappa shape index (κ2) is 11.5. The first kappa shape index (κ1) is 24.3. The first-order valence-corrected chi connectivity index (χ1v) is 12.2. The summed E-state index contributed by atoms with van der Waals surface area (Å²) >= 11 is 0. The third-order valence-electron chi connectivity index (χ3n) is 6.09. The van der Waals surface area contributed by atoms with Gasteiger partial charge in [0, 0.05) is 5.57 Å². The molecule has 0 radical (unpaired) electrons. The summed E-state index contributed by atoms with van der Waals surface area (Å²) in [5.74, 6) is 0.253. The van der Waals surface area contributed by atoms with E-state index in [4.69, 9.17) is 9.47 Å². The number of hydrogen-bond donors (Lipinski definition) is 1. The zero-order valence-electron chi connectivity index (χ0n) is 20.4. The number of nitrogens with zero attached hydrogens (tertiary/aromatic N) is 1. The number of hydrogen-bond acceptors (Lipinski definition) is 4. The lowest BCUT2D eigenvalue weighted by Gasteiger charge is -2.09. The van der Waals surface area contributed by atoms with Gasteiger partial charge in [-0.25, -0.2) is 4.79 Å². The van der Waals surface area contributed by atoms with Crippen LogP contribution in [0.2, 0.25) is 0 Å². The summed E-state index contributed by atoms with van der Waals surface area (Å²) in [6, 6.07) is 26.0. The van der Waals surface area contributed by atoms with Gasteiger partial charge in [-0.1, -0.05) is 60.7 Å². The van der Waals surface area contributed by atoms with Crippen LogP contribution in [0.3, 0.4) is 0 Å². The molecular formula is C30H32NO4+. The number of carbonyl (C=O) groups excluding carboxylic acids is 1. The fraction of sp³-hybridized carbons (Fsp3) is 0.267. The zero-order chi connectivity index (χ0) is 24.6. The fourth-order valence-electron chi connectivity index (χ4n) is 4.50. The van der Waals surface area contributed by atoms with Gasteiger partial charge in [-0.3, -0.25) is 5.21 Å². The number of aryl methyl sites for hydroxylation is 1. The van der Waals surface area contributed by atoms with Crippen molar-refractivity contribution in [2.24, 2.45) is 0 Å². The smallest absolute Gasteiger partial charge is 0.345 e. The predicted molar refractivity (Wildman–Crippen MR) is 137 cm³/mol. The maximum Gasteiger partial charge on any atom is 0.345 e. The molecule has 0 atom stereocenters. The van der Waals surface area contributed by atoms with E-state index in [1.165, 1.54) is 12.6 Å². The van der Waals surface area contributed by atoms with Crippen molar-refractivity contribution in [2.45, 2.75) is 32.6 Å². The van der Waals surface area contributed by atoms with Crippen LogP contribution < -0.4 is 4.74 Å². The molecule has 5 nitrogen and oxygen atoms in total. The van der Waals surface area contributed by atoms with Gasteiger partial charge >= 0.3 is 5.97 Å². The summed E-state index contributed by atoms with van der Waals surface area (Å²) in [4.78, 5) is 13.0. The molecule has 0 spiro atoms. The van der Waals surface area contributed by atoms with Gasteiger partial charge in [0.15, 0.2) is 7.05 Å². The van der Waals surface area contributed by atoms with Crippen LogP contribution in [0.5, 0.6) is 5.75 Å². The van der Waals surface area contributed by atoms with E-state index in [2.05, 4.69) is 24.3 Å². The molecule has 0 aromatic heterocycles. The Bertz CT molecular complexity index is 1230. The Kier molecular flexibility index (Phi) is 7.99. The lowest BCUT2D eigenvalue weighted by atomic mass is 9.97. The van der Waals surface area contributed by atoms with Crippen molar-refractivity contribution in [3.63, 3.8) is 0 Å². The highest BCUT2D eigenvalue weighted by molar-refractivity contribution is 6.35. The lowest BCUT2D eigenvalue weighted by Crippen LogP contribution is -2.22. The molecule has 3 aromatic carbocycles. The fourth-order valence-corrected chi connectivity index (χ4v) is 4.50. The number of hydroxylamine groups is 1. The van der Waals surface area contributed by atoms with E-state index in [9.17, 15) is 10.0 Å². The normalized spacial score (nSPS) is 14.0. The average Bonchev–Trinajstić information content (AvgIpc) is 3.22. The van der Waals surface area contributed by atoms with Crippen molar-refractivity contribution in [1.29, 1.82) is 0 Å². The molecule has 1 N–H and O–H groups in total. The van der Waals surface area contributed by atoms with Crippen LogP contribution in [0, 0.1) is 0 Å². The van der Waals surface area contributed by atoms with Crippen LogP contribution in [-0.2, 0) is 16.0 Å². The molecule has 0 saturated heterocycles. The van der Waals surface area contributed by atoms with Gasteiger partial charge in [0.25, 0.3) is 5.71 Å². The number of unbranched alkanes of at least 4 members (excludes halogenated alkanes) is 2. The van der Waals surface area contributed by atoms with Crippen molar-refractivity contribution in [3.8, 4) is 5.75 Å². The molecule has 1 aliphatic rings. The number of benzene rings is 3. The minimum absolute atomic E-state index is 0.252. The first-order chi connectivity index (χ1) is 17.1. The summed E-state index contributed by atoms with van der Waals surface area (Å²) in [6.07, 6.45) is 4.24. The van der Waals surface area contributed by atoms with Crippen molar-refractivity contribution in [3.05, 3.63) is 107 Å². The van der Waals surface area contributed by atoms with E-state index in [1.807, 2.05) is 54.6 Å². The Balaban J connectivity index is 1.51. The van der Waals surface area contributed by atoms with Crippen LogP contribution in [-0.4, -0.2) is 41.9 Å². The molecule has 0 fully saturated rings. The zero-order valence-corrected chi connectivity index (χ0v) is 20.4. The minimum atomic E-state index is -0.459. The summed E-state index contributed by atoms with van der Waals surface area (Å²) in [7, 11) is 1.52. The summed E-state index contributed by atoms with van der Waals surface area (Å²) in [6.45, 7) is 2.64. The molecule has 0 aliphatic heterocycles. The average molecular weight is 471 g/mol. The Morgan fingerprint density at radius 1 is 0.886 bits per heavy atom. The van der Waals surface area contributed by atoms with E-state index in [0.29, 0.717) is 23.6 Å². The molecule has 180 valence electrons. The minimum Gasteiger partial charge on any atom is -0.494 e. The van der Waals surface area contributed by atoms with E-state index < -0.39 is 5.97 Å². The first-order valence-electron chi connectivity index (χ1n) is 12.2. The van der Waals surface area contributed by atoms with Gasteiger partial charge in [0.2, 0.25) is 0 Å². The van der Waals surface area contributed by atoms with E-state index >= 15 is 0 Å². The van der Waals surface area contributed by atoms with Crippen molar-refractivity contribution >= 4 is 17.3 Å². The van der Waals surface area contributed by atoms with Gasteiger partial charge in [0.05, 0.1) is 18.8 Å². The summed E-state index contributed by atoms with van der Waals surface area (Å²) in [5.41, 5.74) is 5.40. The quantitative estimate of drug-likeness (QED) is 0.136. The Labute approximate surface area is 206 Å². The molecule has 0 heterocycles. The molecule has 4 rings (SSSR count). The molecular weight excluding hydrogens is 438 g/mol. The molecule has 3 aromatic rings. The van der Waals surface area contributed by atoms with Gasteiger partial charge in [-0.2, -0.15) is 0 Å². The van der Waals surface area contributed by atoms with Crippen molar-refractivity contribution in [2.75, 3.05) is 20.3 Å². The van der Waals surface area contributed by atoms with Crippen LogP contribution in [0.1, 0.15) is 48.4 Å². The second-order valence-electron chi connectivity index (χ2n) is 8.56. The second-order valence-corrected chi connectivity index (χ2v) is 8.56. The summed E-state index contributed by atoms with van der Waals surface area (Å²) < 4.78 is 12.4. The molecule has 5 heteroatoms. The number of rotatable bonds is 10. The monoisotopic (exact) mass is 470 g/mol. The van der Waals surface area contributed by atoms with Crippen LogP contribution in [0.4, 0.5) is 0 Å². The Morgan fingerprint density at radius 2 is 1.60 bits per heavy atom. The largest absolute Gasteiger partial charge is 0.494 e. The maximum absolute atomic E-state index is 13.0. The number of esters is 1. The van der Waals surface area contributed by atoms with E-state index in [-0.39, 0.29) is 6.61 Å².